The number of hydrogen-bond donors (Lipinski definition) is 0. The van der Waals surface area contributed by atoms with Crippen LogP contribution in [0.1, 0.15) is 47.1 Å². The second kappa shape index (κ2) is 7.09. The highest BCUT2D eigenvalue weighted by molar-refractivity contribution is 7.91. The first-order valence-corrected chi connectivity index (χ1v) is 12.6. The van der Waals surface area contributed by atoms with Gasteiger partial charge in [0.15, 0.2) is 9.84 Å². The molecular weight excluding hydrogens is 386 g/mol. The van der Waals surface area contributed by atoms with Crippen LogP contribution in [0.25, 0.3) is 0 Å². The third-order valence-electron chi connectivity index (χ3n) is 5.75. The van der Waals surface area contributed by atoms with E-state index in [1.165, 1.54) is 11.3 Å². The average molecular weight is 410 g/mol. The molecule has 1 saturated heterocycles. The average Bonchev–Trinajstić information content (AvgIpc) is 3.38. The minimum atomic E-state index is -3.23. The van der Waals surface area contributed by atoms with Gasteiger partial charge in [0.25, 0.3) is 0 Å². The van der Waals surface area contributed by atoms with Crippen LogP contribution in [0.5, 0.6) is 0 Å². The molecule has 1 atom stereocenters. The fourth-order valence-electron chi connectivity index (χ4n) is 4.34. The molecule has 0 N–H and O–H groups in total. The Kier molecular flexibility index (Phi) is 4.96. The van der Waals surface area contributed by atoms with E-state index in [-0.39, 0.29) is 11.7 Å². The summed E-state index contributed by atoms with van der Waals surface area (Å²) in [5.74, 6) is 0.196. The first kappa shape index (κ1) is 18.2. The molecule has 1 aliphatic heterocycles. The molecule has 1 aliphatic carbocycles. The van der Waals surface area contributed by atoms with Gasteiger partial charge in [0.05, 0.1) is 16.4 Å². The van der Waals surface area contributed by atoms with Crippen molar-refractivity contribution >= 4 is 38.4 Å². The van der Waals surface area contributed by atoms with Crippen molar-refractivity contribution in [2.75, 3.05) is 18.8 Å². The number of sulfone groups is 1. The van der Waals surface area contributed by atoms with E-state index in [4.69, 9.17) is 0 Å². The fraction of sp³-hybridized carbons (Fsp3) is 0.526. The van der Waals surface area contributed by atoms with E-state index in [2.05, 4.69) is 6.07 Å². The molecule has 1 amide bonds. The van der Waals surface area contributed by atoms with Crippen LogP contribution in [0.4, 0.5) is 0 Å². The minimum absolute atomic E-state index is 0.0574. The van der Waals surface area contributed by atoms with Gasteiger partial charge in [0.2, 0.25) is 5.91 Å². The number of thiophene rings is 2. The standard InChI is InChI=1S/C19H23NO3S3/c21-18(19(8-1-2-9-19)17-6-4-13-25-17)20-10-7-16(15-5-3-12-24-15)26(22,23)14-11-20/h3-6,12-13,16H,1-2,7-11,14H2/t16-/m1/s1. The van der Waals surface area contributed by atoms with Gasteiger partial charge in [0, 0.05) is 22.8 Å². The third kappa shape index (κ3) is 3.14. The van der Waals surface area contributed by atoms with Crippen molar-refractivity contribution in [1.29, 1.82) is 0 Å². The van der Waals surface area contributed by atoms with Crippen LogP contribution in [0.15, 0.2) is 35.0 Å². The summed E-state index contributed by atoms with van der Waals surface area (Å²) in [6.45, 7) is 0.837. The summed E-state index contributed by atoms with van der Waals surface area (Å²) in [5, 5.41) is 3.48. The molecule has 2 aromatic heterocycles. The summed E-state index contributed by atoms with van der Waals surface area (Å²) < 4.78 is 25.5. The lowest BCUT2D eigenvalue weighted by molar-refractivity contribution is -0.137. The molecular formula is C19H23NO3S3. The molecule has 0 spiro atoms. The van der Waals surface area contributed by atoms with Crippen LogP contribution in [0.2, 0.25) is 0 Å². The van der Waals surface area contributed by atoms with Crippen molar-refractivity contribution in [3.63, 3.8) is 0 Å². The molecule has 0 aromatic carbocycles. The summed E-state index contributed by atoms with van der Waals surface area (Å²) in [6, 6.07) is 7.87. The molecule has 2 aliphatic rings. The Hall–Kier alpha value is -1.18. The lowest BCUT2D eigenvalue weighted by Gasteiger charge is -2.33. The van der Waals surface area contributed by atoms with Crippen LogP contribution in [0.3, 0.4) is 0 Å². The largest absolute Gasteiger partial charge is 0.341 e. The van der Waals surface area contributed by atoms with Gasteiger partial charge in [-0.05, 0) is 42.2 Å². The summed E-state index contributed by atoms with van der Waals surface area (Å²) in [4.78, 5) is 17.4. The van der Waals surface area contributed by atoms with Gasteiger partial charge in [-0.3, -0.25) is 4.79 Å². The van der Waals surface area contributed by atoms with Crippen molar-refractivity contribution < 1.29 is 13.2 Å². The van der Waals surface area contributed by atoms with Crippen molar-refractivity contribution in [1.82, 2.24) is 4.90 Å². The number of nitrogens with zero attached hydrogens (tertiary/aromatic N) is 1. The van der Waals surface area contributed by atoms with Gasteiger partial charge < -0.3 is 4.90 Å². The highest BCUT2D eigenvalue weighted by Crippen LogP contribution is 2.45. The molecule has 1 saturated carbocycles. The predicted molar refractivity (Wildman–Crippen MR) is 107 cm³/mol. The predicted octanol–water partition coefficient (Wildman–Crippen LogP) is 4.01. The van der Waals surface area contributed by atoms with E-state index in [1.807, 2.05) is 33.9 Å². The van der Waals surface area contributed by atoms with E-state index in [1.54, 1.807) is 11.3 Å². The summed E-state index contributed by atoms with van der Waals surface area (Å²) in [5.41, 5.74) is -0.430. The zero-order chi connectivity index (χ0) is 18.2. The summed E-state index contributed by atoms with van der Waals surface area (Å²) >= 11 is 3.14. The Balaban J connectivity index is 1.60. The van der Waals surface area contributed by atoms with Gasteiger partial charge in [0.1, 0.15) is 0 Å². The lowest BCUT2D eigenvalue weighted by Crippen LogP contribution is -2.46. The van der Waals surface area contributed by atoms with Crippen LogP contribution < -0.4 is 0 Å². The Morgan fingerprint density at radius 1 is 1.08 bits per heavy atom. The van der Waals surface area contributed by atoms with Gasteiger partial charge in [-0.15, -0.1) is 22.7 Å². The molecule has 0 bridgehead atoms. The molecule has 0 unspecified atom stereocenters. The number of carbonyl (C=O) groups is 1. The van der Waals surface area contributed by atoms with Crippen LogP contribution in [0, 0.1) is 0 Å². The number of hydrogen-bond acceptors (Lipinski definition) is 5. The van der Waals surface area contributed by atoms with E-state index >= 15 is 0 Å². The molecule has 4 nitrogen and oxygen atoms in total. The zero-order valence-electron chi connectivity index (χ0n) is 14.6. The molecule has 4 rings (SSSR count). The van der Waals surface area contributed by atoms with E-state index in [9.17, 15) is 13.2 Å². The minimum Gasteiger partial charge on any atom is -0.341 e. The third-order valence-corrected chi connectivity index (χ3v) is 10.1. The maximum atomic E-state index is 13.5. The zero-order valence-corrected chi connectivity index (χ0v) is 17.0. The molecule has 140 valence electrons. The van der Waals surface area contributed by atoms with Crippen LogP contribution in [-0.2, 0) is 20.0 Å². The van der Waals surface area contributed by atoms with Crippen molar-refractivity contribution in [3.8, 4) is 0 Å². The monoisotopic (exact) mass is 409 g/mol. The van der Waals surface area contributed by atoms with Crippen molar-refractivity contribution in [2.45, 2.75) is 42.8 Å². The fourth-order valence-corrected chi connectivity index (χ4v) is 8.32. The van der Waals surface area contributed by atoms with Gasteiger partial charge >= 0.3 is 0 Å². The second-order valence-corrected chi connectivity index (χ2v) is 11.4. The van der Waals surface area contributed by atoms with Gasteiger partial charge in [-0.2, -0.15) is 0 Å². The molecule has 2 fully saturated rings. The first-order valence-electron chi connectivity index (χ1n) is 9.11. The van der Waals surface area contributed by atoms with Crippen molar-refractivity contribution in [3.05, 3.63) is 44.8 Å². The van der Waals surface area contributed by atoms with Gasteiger partial charge in [-0.1, -0.05) is 25.0 Å². The molecule has 2 aromatic rings. The van der Waals surface area contributed by atoms with Gasteiger partial charge in [-0.25, -0.2) is 8.42 Å². The number of carbonyl (C=O) groups excluding carboxylic acids is 1. The maximum absolute atomic E-state index is 13.5. The normalized spacial score (nSPS) is 25.1. The SMILES string of the molecule is O=C(N1CC[C@H](c2cccs2)S(=O)(=O)CC1)C1(c2cccs2)CCCC1. The van der Waals surface area contributed by atoms with E-state index in [0.29, 0.717) is 19.5 Å². The highest BCUT2D eigenvalue weighted by atomic mass is 32.2. The number of rotatable bonds is 3. The molecule has 3 heterocycles. The van der Waals surface area contributed by atoms with E-state index in [0.717, 1.165) is 35.4 Å². The Morgan fingerprint density at radius 3 is 2.46 bits per heavy atom. The lowest BCUT2D eigenvalue weighted by atomic mass is 9.82. The Bertz CT molecular complexity index is 850. The Morgan fingerprint density at radius 2 is 1.81 bits per heavy atom. The van der Waals surface area contributed by atoms with Crippen molar-refractivity contribution in [2.24, 2.45) is 0 Å². The molecule has 0 radical (unpaired) electrons. The smallest absolute Gasteiger partial charge is 0.234 e. The summed E-state index contributed by atoms with van der Waals surface area (Å²) in [7, 11) is -3.23. The number of amides is 1. The topological polar surface area (TPSA) is 54.5 Å². The highest BCUT2D eigenvalue weighted by Gasteiger charge is 2.46. The second-order valence-electron chi connectivity index (χ2n) is 7.22. The molecule has 7 heteroatoms. The first-order chi connectivity index (χ1) is 12.5. The van der Waals surface area contributed by atoms with Crippen LogP contribution >= 0.6 is 22.7 Å². The quantitative estimate of drug-likeness (QED) is 0.770. The molecule has 26 heavy (non-hydrogen) atoms. The van der Waals surface area contributed by atoms with E-state index < -0.39 is 20.5 Å². The Labute approximate surface area is 162 Å². The van der Waals surface area contributed by atoms with Crippen LogP contribution in [-0.4, -0.2) is 38.1 Å². The summed E-state index contributed by atoms with van der Waals surface area (Å²) in [6.07, 6.45) is 4.38. The maximum Gasteiger partial charge on any atom is 0.234 e.